The molecule has 2 bridgehead atoms. The Kier molecular flexibility index (Phi) is 4.65. The summed E-state index contributed by atoms with van der Waals surface area (Å²) in [6.07, 6.45) is 3.36. The average molecular weight is 297 g/mol. The quantitative estimate of drug-likeness (QED) is 0.321. The fourth-order valence-electron chi connectivity index (χ4n) is 3.33. The van der Waals surface area contributed by atoms with Crippen molar-refractivity contribution < 1.29 is 32.9 Å². The van der Waals surface area contributed by atoms with Crippen LogP contribution < -0.4 is 5.26 Å². The van der Waals surface area contributed by atoms with Crippen molar-refractivity contribution in [2.24, 2.45) is 23.7 Å². The number of hydrogen-bond donors (Lipinski definition) is 0. The number of alkyl halides is 2. The second kappa shape index (κ2) is 5.90. The first kappa shape index (κ1) is 15.0. The molecule has 0 spiro atoms. The number of ether oxygens (including phenoxy) is 1. The first-order chi connectivity index (χ1) is 8.95. The highest BCUT2D eigenvalue weighted by Gasteiger charge is 2.48. The van der Waals surface area contributed by atoms with E-state index in [0.717, 1.165) is 12.8 Å². The molecule has 0 aromatic rings. The van der Waals surface area contributed by atoms with Crippen LogP contribution in [0.3, 0.4) is 0 Å². The first-order valence-electron chi connectivity index (χ1n) is 6.15. The molecule has 2 saturated carbocycles. The normalized spacial score (nSPS) is 33.7. The molecule has 0 radical (unpaired) electrons. The van der Waals surface area contributed by atoms with Crippen molar-refractivity contribution in [3.63, 3.8) is 0 Å². The van der Waals surface area contributed by atoms with Crippen molar-refractivity contribution in [3.05, 3.63) is 0 Å². The van der Waals surface area contributed by atoms with Gasteiger partial charge in [-0.2, -0.15) is 13.1 Å². The van der Waals surface area contributed by atoms with Gasteiger partial charge in [0.2, 0.25) is 0 Å². The van der Waals surface area contributed by atoms with Crippen molar-refractivity contribution in [1.29, 1.82) is 0 Å². The predicted octanol–water partition coefficient (Wildman–Crippen LogP) is 1.68. The molecule has 4 unspecified atom stereocenters. The number of fused-ring (bicyclic) bond motifs is 2. The summed E-state index contributed by atoms with van der Waals surface area (Å²) in [6, 6.07) is 0. The van der Waals surface area contributed by atoms with Gasteiger partial charge in [-0.15, -0.1) is 0 Å². The van der Waals surface area contributed by atoms with Crippen molar-refractivity contribution in [2.45, 2.75) is 31.4 Å². The maximum atomic E-state index is 13.1. The Labute approximate surface area is 113 Å². The molecular weight excluding hydrogens is 282 g/mol. The Morgan fingerprint density at radius 1 is 1.42 bits per heavy atom. The van der Waals surface area contributed by atoms with Gasteiger partial charge in [-0.05, 0) is 42.9 Å². The Balaban J connectivity index is 1.80. The molecule has 2 aliphatic carbocycles. The molecular formula is C11H15F2O5S-. The van der Waals surface area contributed by atoms with E-state index in [4.69, 9.17) is 0 Å². The second-order valence-corrected chi connectivity index (χ2v) is 6.01. The lowest BCUT2D eigenvalue weighted by molar-refractivity contribution is -0.777. The van der Waals surface area contributed by atoms with E-state index in [1.54, 1.807) is 0 Å². The third-order valence-corrected chi connectivity index (χ3v) is 4.85. The Morgan fingerprint density at radius 3 is 2.68 bits per heavy atom. The second-order valence-electron chi connectivity index (χ2n) is 5.19. The molecule has 8 heteroatoms. The molecule has 0 heterocycles. The van der Waals surface area contributed by atoms with Gasteiger partial charge in [-0.25, -0.2) is 4.79 Å². The maximum Gasteiger partial charge on any atom is 0.415 e. The van der Waals surface area contributed by atoms with E-state index in [0.29, 0.717) is 17.8 Å². The molecule has 2 fully saturated rings. The van der Waals surface area contributed by atoms with Crippen LogP contribution in [0.25, 0.3) is 0 Å². The third kappa shape index (κ3) is 3.18. The lowest BCUT2D eigenvalue weighted by atomic mass is 9.81. The molecule has 19 heavy (non-hydrogen) atoms. The lowest BCUT2D eigenvalue weighted by Crippen LogP contribution is -2.32. The summed E-state index contributed by atoms with van der Waals surface area (Å²) < 4.78 is 34.4. The van der Waals surface area contributed by atoms with Gasteiger partial charge < -0.3 is 9.99 Å². The van der Waals surface area contributed by atoms with E-state index >= 15 is 0 Å². The van der Waals surface area contributed by atoms with E-state index in [1.165, 1.54) is 6.42 Å². The molecule has 2 aliphatic rings. The molecule has 0 saturated heterocycles. The van der Waals surface area contributed by atoms with Gasteiger partial charge in [-0.1, -0.05) is 6.92 Å². The minimum atomic E-state index is -3.94. The summed E-state index contributed by atoms with van der Waals surface area (Å²) in [5.41, 5.74) is 0. The van der Waals surface area contributed by atoms with Crippen LogP contribution in [-0.4, -0.2) is 17.8 Å². The summed E-state index contributed by atoms with van der Waals surface area (Å²) in [5.74, 6) is -0.0603. The number of carbonyl (C=O) groups is 1. The largest absolute Gasteiger partial charge is 0.691 e. The fraction of sp³-hybridized carbons (Fsp3) is 0.909. The Hall–Kier alpha value is -0.440. The van der Waals surface area contributed by atoms with E-state index in [1.807, 2.05) is 0 Å². The van der Waals surface area contributed by atoms with Crippen molar-refractivity contribution in [2.75, 3.05) is 6.61 Å². The number of carbonyl (C=O) groups excluding carboxylic acids is 1. The molecule has 4 atom stereocenters. The molecule has 0 aromatic heterocycles. The number of rotatable bonds is 6. The molecule has 0 amide bonds. The number of hydrogen-bond acceptors (Lipinski definition) is 6. The first-order valence-corrected chi connectivity index (χ1v) is 6.89. The summed E-state index contributed by atoms with van der Waals surface area (Å²) >= 11 is -0.657. The maximum absolute atomic E-state index is 13.1. The summed E-state index contributed by atoms with van der Waals surface area (Å²) in [6.45, 7) is 2.07. The topological polar surface area (TPSA) is 67.8 Å². The van der Waals surface area contributed by atoms with Gasteiger partial charge in [0.05, 0.1) is 6.61 Å². The van der Waals surface area contributed by atoms with E-state index in [-0.39, 0.29) is 12.5 Å². The highest BCUT2D eigenvalue weighted by Crippen LogP contribution is 2.52. The average Bonchev–Trinajstić information content (AvgIpc) is 2.95. The van der Waals surface area contributed by atoms with Gasteiger partial charge in [0.15, 0.2) is 0 Å². The molecule has 110 valence electrons. The molecule has 0 aliphatic heterocycles. The third-order valence-electron chi connectivity index (χ3n) is 4.35. The number of esters is 1. The van der Waals surface area contributed by atoms with Crippen molar-refractivity contribution in [3.8, 4) is 0 Å². The molecule has 5 nitrogen and oxygen atoms in total. The van der Waals surface area contributed by atoms with Crippen molar-refractivity contribution in [1.82, 2.24) is 0 Å². The minimum Gasteiger partial charge on any atom is -0.691 e. The summed E-state index contributed by atoms with van der Waals surface area (Å²) in [7, 11) is 0. The highest BCUT2D eigenvalue weighted by molar-refractivity contribution is 7.96. The van der Waals surface area contributed by atoms with E-state index < -0.39 is 23.3 Å². The van der Waals surface area contributed by atoms with Gasteiger partial charge in [-0.3, -0.25) is 5.04 Å². The number of halogens is 2. The molecule has 0 aromatic carbocycles. The van der Waals surface area contributed by atoms with Gasteiger partial charge in [0.25, 0.3) is 0 Å². The highest BCUT2D eigenvalue weighted by atomic mass is 32.2. The minimum absolute atomic E-state index is 0.00442. The van der Waals surface area contributed by atoms with Gasteiger partial charge >= 0.3 is 11.2 Å². The van der Waals surface area contributed by atoms with Gasteiger partial charge in [0.1, 0.15) is 12.0 Å². The standard InChI is InChI=1S/C11H16F2O5S/c1-6-7-2-3-8(4-7)9(6)5-16-10(14)11(12,13)19-18-17-15/h6-9,15H,2-5H2,1H3/p-1. The monoisotopic (exact) mass is 297 g/mol. The smallest absolute Gasteiger partial charge is 0.415 e. The zero-order chi connectivity index (χ0) is 14.0. The zero-order valence-corrected chi connectivity index (χ0v) is 11.2. The van der Waals surface area contributed by atoms with Crippen LogP contribution in [0.5, 0.6) is 0 Å². The SMILES string of the molecule is CC1C2CCC(C2)C1COC(=O)C(F)(F)SOO[O-]. The Bertz CT molecular complexity index is 339. The van der Waals surface area contributed by atoms with Crippen LogP contribution in [0, 0.1) is 23.7 Å². The molecule has 2 rings (SSSR count). The van der Waals surface area contributed by atoms with E-state index in [2.05, 4.69) is 21.0 Å². The lowest BCUT2D eigenvalue weighted by Gasteiger charge is -2.28. The zero-order valence-electron chi connectivity index (χ0n) is 10.3. The fourth-order valence-corrected chi connectivity index (χ4v) is 3.57. The van der Waals surface area contributed by atoms with Gasteiger partial charge in [0, 0.05) is 0 Å². The Morgan fingerprint density at radius 2 is 2.11 bits per heavy atom. The molecule has 0 N–H and O–H groups in total. The summed E-state index contributed by atoms with van der Waals surface area (Å²) in [4.78, 5) is 11.2. The predicted molar refractivity (Wildman–Crippen MR) is 59.2 cm³/mol. The van der Waals surface area contributed by atoms with Crippen LogP contribution in [0.2, 0.25) is 0 Å². The van der Waals surface area contributed by atoms with Crippen LogP contribution in [-0.2, 0) is 18.9 Å². The van der Waals surface area contributed by atoms with Crippen LogP contribution in [0.15, 0.2) is 0 Å². The van der Waals surface area contributed by atoms with Crippen LogP contribution in [0.4, 0.5) is 8.78 Å². The van der Waals surface area contributed by atoms with Crippen LogP contribution in [0.1, 0.15) is 26.2 Å². The summed E-state index contributed by atoms with van der Waals surface area (Å²) in [5, 5.41) is 8.32. The van der Waals surface area contributed by atoms with Crippen LogP contribution >= 0.6 is 12.0 Å². The van der Waals surface area contributed by atoms with Crippen molar-refractivity contribution >= 4 is 18.0 Å². The van der Waals surface area contributed by atoms with E-state index in [9.17, 15) is 18.8 Å².